The van der Waals surface area contributed by atoms with Gasteiger partial charge in [0.25, 0.3) is 0 Å². The minimum absolute atomic E-state index is 0.0110. The Balaban J connectivity index is 5.48. The van der Waals surface area contributed by atoms with Crippen LogP contribution in [0.25, 0.3) is 0 Å². The van der Waals surface area contributed by atoms with Crippen LogP contribution < -0.4 is 0 Å². The smallest absolute Gasteiger partial charge is 0.371 e. The Morgan fingerprint density at radius 2 is 1.58 bits per heavy atom. The summed E-state index contributed by atoms with van der Waals surface area (Å²) in [6.07, 6.45) is 0. The maximum atomic E-state index is 12.5. The molecule has 0 spiro atoms. The first-order valence-corrected chi connectivity index (χ1v) is 8.99. The average Bonchev–Trinajstić information content (AvgIpc) is 2.24. The zero-order chi connectivity index (χ0) is 15.3. The lowest BCUT2D eigenvalue weighted by atomic mass is 10.5. The van der Waals surface area contributed by atoms with Gasteiger partial charge in [0.2, 0.25) is 5.85 Å². The molecule has 2 atom stereocenters. The molecule has 0 rings (SSSR count). The molecule has 114 valence electrons. The summed E-state index contributed by atoms with van der Waals surface area (Å²) >= 11 is 0. The Kier molecular flexibility index (Phi) is 7.43. The summed E-state index contributed by atoms with van der Waals surface area (Å²) in [7, 11) is -8.59. The van der Waals surface area contributed by atoms with Gasteiger partial charge in [0, 0.05) is 6.92 Å². The third-order valence-corrected chi connectivity index (χ3v) is 6.14. The van der Waals surface area contributed by atoms with Crippen LogP contribution >= 0.6 is 15.2 Å². The molecule has 0 aliphatic heterocycles. The van der Waals surface area contributed by atoms with Gasteiger partial charge in [-0.25, -0.2) is 0 Å². The summed E-state index contributed by atoms with van der Waals surface area (Å²) in [5, 5.41) is 0. The molecule has 19 heavy (non-hydrogen) atoms. The molecular formula is C9H20O8P2. The zero-order valence-corrected chi connectivity index (χ0v) is 13.1. The molecule has 10 heteroatoms. The van der Waals surface area contributed by atoms with Gasteiger partial charge in [0.15, 0.2) is 0 Å². The van der Waals surface area contributed by atoms with Gasteiger partial charge in [-0.05, 0) is 20.8 Å². The number of esters is 1. The number of rotatable bonds is 8. The number of ether oxygens (including phenoxy) is 1. The van der Waals surface area contributed by atoms with Gasteiger partial charge < -0.3 is 23.6 Å². The molecule has 0 fully saturated rings. The lowest BCUT2D eigenvalue weighted by Gasteiger charge is -2.29. The van der Waals surface area contributed by atoms with Crippen molar-refractivity contribution in [3.63, 3.8) is 0 Å². The van der Waals surface area contributed by atoms with Crippen LogP contribution in [0, 0.1) is 0 Å². The van der Waals surface area contributed by atoms with Crippen molar-refractivity contribution in [2.45, 2.75) is 39.2 Å². The molecule has 0 bridgehead atoms. The van der Waals surface area contributed by atoms with Crippen molar-refractivity contribution in [3.05, 3.63) is 0 Å². The standard InChI is InChI=1S/C9H20O8P2/c1-5-15-19(14,16-6-2)9(17-8(4)10)7(3)18(11,12)13/h7,9H,5-6H2,1-4H3,(H2,11,12,13). The first-order chi connectivity index (χ1) is 8.58. The molecule has 0 aromatic rings. The van der Waals surface area contributed by atoms with Crippen LogP contribution in [0.2, 0.25) is 0 Å². The normalized spacial score (nSPS) is 15.9. The van der Waals surface area contributed by atoms with Gasteiger partial charge in [0.1, 0.15) is 5.66 Å². The van der Waals surface area contributed by atoms with Crippen molar-refractivity contribution in [1.82, 2.24) is 0 Å². The molecule has 0 radical (unpaired) electrons. The van der Waals surface area contributed by atoms with Crippen molar-refractivity contribution in [3.8, 4) is 0 Å². The van der Waals surface area contributed by atoms with E-state index in [1.807, 2.05) is 0 Å². The molecule has 0 saturated carbocycles. The number of carbonyl (C=O) groups is 1. The van der Waals surface area contributed by atoms with Crippen molar-refractivity contribution in [2.75, 3.05) is 13.2 Å². The second-order valence-electron chi connectivity index (χ2n) is 3.71. The third kappa shape index (κ3) is 5.73. The van der Waals surface area contributed by atoms with Crippen LogP contribution in [-0.4, -0.2) is 40.5 Å². The van der Waals surface area contributed by atoms with E-state index < -0.39 is 32.7 Å². The maximum Gasteiger partial charge on any atom is 0.371 e. The summed E-state index contributed by atoms with van der Waals surface area (Å²) < 4.78 is 38.4. The van der Waals surface area contributed by atoms with Crippen LogP contribution in [0.1, 0.15) is 27.7 Å². The number of hydrogen-bond donors (Lipinski definition) is 2. The van der Waals surface area contributed by atoms with E-state index in [1.165, 1.54) is 0 Å². The Labute approximate surface area is 112 Å². The molecule has 0 saturated heterocycles. The molecular weight excluding hydrogens is 298 g/mol. The van der Waals surface area contributed by atoms with E-state index >= 15 is 0 Å². The fraction of sp³-hybridized carbons (Fsp3) is 0.889. The molecule has 0 aliphatic carbocycles. The molecule has 2 N–H and O–H groups in total. The van der Waals surface area contributed by atoms with Crippen molar-refractivity contribution in [1.29, 1.82) is 0 Å². The van der Waals surface area contributed by atoms with Crippen LogP contribution in [0.4, 0.5) is 0 Å². The Hall–Kier alpha value is -0.230. The summed E-state index contributed by atoms with van der Waals surface area (Å²) in [4.78, 5) is 29.3. The molecule has 2 unspecified atom stereocenters. The Morgan fingerprint density at radius 3 is 1.84 bits per heavy atom. The second kappa shape index (κ2) is 7.53. The van der Waals surface area contributed by atoms with Gasteiger partial charge in [-0.15, -0.1) is 0 Å². The van der Waals surface area contributed by atoms with E-state index in [1.54, 1.807) is 13.8 Å². The predicted octanol–water partition coefficient (Wildman–Crippen LogP) is 1.71. The second-order valence-corrected chi connectivity index (χ2v) is 7.80. The fourth-order valence-corrected chi connectivity index (χ4v) is 4.61. The zero-order valence-electron chi connectivity index (χ0n) is 11.3. The highest BCUT2D eigenvalue weighted by Gasteiger charge is 2.48. The van der Waals surface area contributed by atoms with Gasteiger partial charge in [-0.3, -0.25) is 13.9 Å². The SMILES string of the molecule is CCOP(=O)(OCC)C(OC(C)=O)C(C)P(=O)(O)O. The van der Waals surface area contributed by atoms with Crippen LogP contribution in [0.5, 0.6) is 0 Å². The first-order valence-electron chi connectivity index (χ1n) is 5.69. The molecule has 0 aromatic heterocycles. The van der Waals surface area contributed by atoms with Crippen molar-refractivity contribution >= 4 is 21.2 Å². The van der Waals surface area contributed by atoms with Crippen LogP contribution in [0.3, 0.4) is 0 Å². The van der Waals surface area contributed by atoms with E-state index in [9.17, 15) is 13.9 Å². The molecule has 0 aromatic carbocycles. The molecule has 8 nitrogen and oxygen atoms in total. The van der Waals surface area contributed by atoms with E-state index in [-0.39, 0.29) is 13.2 Å². The summed E-state index contributed by atoms with van der Waals surface area (Å²) in [5.41, 5.74) is -1.50. The van der Waals surface area contributed by atoms with E-state index in [2.05, 4.69) is 0 Å². The minimum atomic E-state index is -4.62. The highest BCUT2D eigenvalue weighted by Crippen LogP contribution is 2.60. The molecule has 0 amide bonds. The maximum absolute atomic E-state index is 12.5. The lowest BCUT2D eigenvalue weighted by Crippen LogP contribution is -2.30. The average molecular weight is 318 g/mol. The van der Waals surface area contributed by atoms with Gasteiger partial charge in [-0.1, -0.05) is 0 Å². The summed E-state index contributed by atoms with van der Waals surface area (Å²) in [5.74, 6) is -2.48. The molecule has 0 aliphatic rings. The van der Waals surface area contributed by atoms with E-state index in [0.29, 0.717) is 0 Å². The molecule has 0 heterocycles. The Morgan fingerprint density at radius 1 is 1.16 bits per heavy atom. The van der Waals surface area contributed by atoms with E-state index in [4.69, 9.17) is 23.6 Å². The minimum Gasteiger partial charge on any atom is -0.449 e. The number of carbonyl (C=O) groups excluding carboxylic acids is 1. The lowest BCUT2D eigenvalue weighted by molar-refractivity contribution is -0.143. The van der Waals surface area contributed by atoms with Gasteiger partial charge >= 0.3 is 21.2 Å². The fourth-order valence-electron chi connectivity index (χ4n) is 1.31. The summed E-state index contributed by atoms with van der Waals surface area (Å²) in [6, 6.07) is 0. The van der Waals surface area contributed by atoms with E-state index in [0.717, 1.165) is 13.8 Å². The number of hydrogen-bond acceptors (Lipinski definition) is 6. The van der Waals surface area contributed by atoms with Crippen LogP contribution in [-0.2, 0) is 27.7 Å². The largest absolute Gasteiger partial charge is 0.449 e. The third-order valence-electron chi connectivity index (χ3n) is 2.16. The van der Waals surface area contributed by atoms with Gasteiger partial charge in [-0.2, -0.15) is 0 Å². The highest BCUT2D eigenvalue weighted by atomic mass is 31.2. The first kappa shape index (κ1) is 18.8. The quantitative estimate of drug-likeness (QED) is 0.512. The predicted molar refractivity (Wildman–Crippen MR) is 67.9 cm³/mol. The van der Waals surface area contributed by atoms with Crippen molar-refractivity contribution < 1.29 is 37.5 Å². The Bertz CT molecular complexity index is 380. The van der Waals surface area contributed by atoms with Crippen LogP contribution in [0.15, 0.2) is 0 Å². The monoisotopic (exact) mass is 318 g/mol. The summed E-state index contributed by atoms with van der Waals surface area (Å²) in [6.45, 7) is 5.23. The van der Waals surface area contributed by atoms with Crippen molar-refractivity contribution in [2.24, 2.45) is 0 Å². The topological polar surface area (TPSA) is 119 Å². The van der Waals surface area contributed by atoms with Gasteiger partial charge in [0.05, 0.1) is 13.2 Å². The highest BCUT2D eigenvalue weighted by molar-refractivity contribution is 7.58.